The van der Waals surface area contributed by atoms with E-state index < -0.39 is 15.4 Å². The Labute approximate surface area is 160 Å². The molecule has 0 amide bonds. The largest absolute Gasteiger partial charge is 0.497 e. The second-order valence-electron chi connectivity index (χ2n) is 6.91. The third kappa shape index (κ3) is 4.24. The van der Waals surface area contributed by atoms with E-state index in [-0.39, 0.29) is 10.9 Å². The van der Waals surface area contributed by atoms with Crippen LogP contribution in [0.4, 0.5) is 5.69 Å². The molecular formula is C20H23N3O3S. The van der Waals surface area contributed by atoms with Crippen molar-refractivity contribution in [2.24, 2.45) is 5.14 Å². The van der Waals surface area contributed by atoms with Crippen molar-refractivity contribution in [3.05, 3.63) is 54.1 Å². The number of rotatable bonds is 5. The Morgan fingerprint density at radius 3 is 2.41 bits per heavy atom. The number of hydrogen-bond acceptors (Lipinski definition) is 5. The highest BCUT2D eigenvalue weighted by atomic mass is 32.2. The van der Waals surface area contributed by atoms with Crippen LogP contribution in [0.3, 0.4) is 0 Å². The molecule has 6 nitrogen and oxygen atoms in total. The molecule has 3 rings (SSSR count). The summed E-state index contributed by atoms with van der Waals surface area (Å²) in [5.74, 6) is 0.761. The summed E-state index contributed by atoms with van der Waals surface area (Å²) in [5.41, 5.74) is 1.35. The molecular weight excluding hydrogens is 362 g/mol. The molecule has 0 spiro atoms. The van der Waals surface area contributed by atoms with Gasteiger partial charge in [0.1, 0.15) is 5.75 Å². The van der Waals surface area contributed by atoms with Gasteiger partial charge in [-0.25, -0.2) is 13.6 Å². The first-order valence-corrected chi connectivity index (χ1v) is 10.4. The van der Waals surface area contributed by atoms with Crippen LogP contribution >= 0.6 is 0 Å². The van der Waals surface area contributed by atoms with E-state index in [9.17, 15) is 13.7 Å². The number of benzene rings is 2. The van der Waals surface area contributed by atoms with Gasteiger partial charge in [0.2, 0.25) is 10.0 Å². The number of nitrogens with one attached hydrogen (secondary N) is 1. The van der Waals surface area contributed by atoms with Crippen LogP contribution < -0.4 is 15.2 Å². The molecule has 0 radical (unpaired) electrons. The number of methoxy groups -OCH3 is 1. The first-order chi connectivity index (χ1) is 12.9. The summed E-state index contributed by atoms with van der Waals surface area (Å²) in [7, 11) is -2.06. The van der Waals surface area contributed by atoms with E-state index >= 15 is 0 Å². The van der Waals surface area contributed by atoms with Gasteiger partial charge in [-0.05, 0) is 67.6 Å². The molecule has 2 aromatic carbocycles. The van der Waals surface area contributed by atoms with E-state index in [2.05, 4.69) is 11.4 Å². The quantitative estimate of drug-likeness (QED) is 0.822. The van der Waals surface area contributed by atoms with Crippen molar-refractivity contribution in [2.75, 3.05) is 12.4 Å². The van der Waals surface area contributed by atoms with Crippen LogP contribution in [0.1, 0.15) is 31.2 Å². The van der Waals surface area contributed by atoms with Gasteiger partial charge in [-0.15, -0.1) is 0 Å². The topological polar surface area (TPSA) is 105 Å². The van der Waals surface area contributed by atoms with Crippen LogP contribution in [0.2, 0.25) is 0 Å². The lowest BCUT2D eigenvalue weighted by molar-refractivity contribution is 0.342. The highest BCUT2D eigenvalue weighted by molar-refractivity contribution is 7.89. The van der Waals surface area contributed by atoms with E-state index in [1.54, 1.807) is 19.2 Å². The maximum atomic E-state index is 11.3. The first-order valence-electron chi connectivity index (χ1n) is 8.81. The molecule has 0 saturated heterocycles. The Morgan fingerprint density at radius 1 is 1.19 bits per heavy atom. The van der Waals surface area contributed by atoms with Crippen LogP contribution in [0.5, 0.6) is 5.75 Å². The summed E-state index contributed by atoms with van der Waals surface area (Å²) in [4.78, 5) is 0.0956. The van der Waals surface area contributed by atoms with Gasteiger partial charge in [-0.1, -0.05) is 12.1 Å². The van der Waals surface area contributed by atoms with E-state index in [0.29, 0.717) is 0 Å². The lowest BCUT2D eigenvalue weighted by Gasteiger charge is -2.36. The number of anilines is 1. The van der Waals surface area contributed by atoms with Gasteiger partial charge < -0.3 is 10.1 Å². The average Bonchev–Trinajstić information content (AvgIpc) is 2.68. The maximum Gasteiger partial charge on any atom is 0.238 e. The standard InChI is InChI=1S/C20H23N3O3S/c1-26-18-4-2-3-15(13-18)20(14-21)11-9-17(10-12-20)23-16-5-7-19(8-6-16)27(22,24)25/h2-8,13,17,23H,9-12H2,1H3,(H2,22,24,25)/t17-,20-. The van der Waals surface area contributed by atoms with Gasteiger partial charge in [-0.3, -0.25) is 0 Å². The van der Waals surface area contributed by atoms with Gasteiger partial charge in [-0.2, -0.15) is 5.26 Å². The lowest BCUT2D eigenvalue weighted by Crippen LogP contribution is -2.35. The summed E-state index contributed by atoms with van der Waals surface area (Å²) in [6, 6.07) is 16.9. The molecule has 0 atom stereocenters. The molecule has 0 aromatic heterocycles. The monoisotopic (exact) mass is 385 g/mol. The molecule has 7 heteroatoms. The van der Waals surface area contributed by atoms with Gasteiger partial charge >= 0.3 is 0 Å². The second kappa shape index (κ2) is 7.59. The van der Waals surface area contributed by atoms with E-state index in [1.807, 2.05) is 24.3 Å². The molecule has 0 bridgehead atoms. The van der Waals surface area contributed by atoms with Gasteiger partial charge in [0, 0.05) is 11.7 Å². The molecule has 1 fully saturated rings. The molecule has 1 saturated carbocycles. The number of nitrogens with zero attached hydrogens (tertiary/aromatic N) is 1. The molecule has 1 aliphatic rings. The number of ether oxygens (including phenoxy) is 1. The molecule has 27 heavy (non-hydrogen) atoms. The Kier molecular flexibility index (Phi) is 5.40. The number of hydrogen-bond donors (Lipinski definition) is 2. The fraction of sp³-hybridized carbons (Fsp3) is 0.350. The van der Waals surface area contributed by atoms with E-state index in [4.69, 9.17) is 9.88 Å². The van der Waals surface area contributed by atoms with E-state index in [1.165, 1.54) is 12.1 Å². The highest BCUT2D eigenvalue weighted by Crippen LogP contribution is 2.40. The third-order valence-electron chi connectivity index (χ3n) is 5.23. The lowest BCUT2D eigenvalue weighted by atomic mass is 9.69. The van der Waals surface area contributed by atoms with Crippen LogP contribution in [0.25, 0.3) is 0 Å². The Hall–Kier alpha value is -2.56. The summed E-state index contributed by atoms with van der Waals surface area (Å²) in [5, 5.41) is 18.4. The summed E-state index contributed by atoms with van der Waals surface area (Å²) in [6.07, 6.45) is 3.20. The maximum absolute atomic E-state index is 11.3. The Morgan fingerprint density at radius 2 is 1.85 bits per heavy atom. The third-order valence-corrected chi connectivity index (χ3v) is 6.16. The van der Waals surface area contributed by atoms with Crippen molar-refractivity contribution in [3.63, 3.8) is 0 Å². The first kappa shape index (κ1) is 19.2. The molecule has 1 aliphatic carbocycles. The predicted octanol–water partition coefficient (Wildman–Crippen LogP) is 3.16. The van der Waals surface area contributed by atoms with E-state index in [0.717, 1.165) is 42.7 Å². The zero-order valence-corrected chi connectivity index (χ0v) is 16.0. The van der Waals surface area contributed by atoms with Crippen LogP contribution in [-0.2, 0) is 15.4 Å². The van der Waals surface area contributed by atoms with Gasteiger partial charge in [0.15, 0.2) is 0 Å². The normalized spacial score (nSPS) is 22.6. The SMILES string of the molecule is COc1cccc([C@]2(C#N)CC[C@@H](Nc3ccc(S(N)(=O)=O)cc3)CC2)c1. The smallest absolute Gasteiger partial charge is 0.238 e. The minimum absolute atomic E-state index is 0.0956. The zero-order valence-electron chi connectivity index (χ0n) is 15.2. The van der Waals surface area contributed by atoms with Crippen molar-refractivity contribution in [1.29, 1.82) is 5.26 Å². The summed E-state index contributed by atoms with van der Waals surface area (Å²) in [6.45, 7) is 0. The van der Waals surface area contributed by atoms with Crippen LogP contribution in [0, 0.1) is 11.3 Å². The summed E-state index contributed by atoms with van der Waals surface area (Å²) >= 11 is 0. The van der Waals surface area contributed by atoms with Crippen molar-refractivity contribution in [3.8, 4) is 11.8 Å². The summed E-state index contributed by atoms with van der Waals surface area (Å²) < 4.78 is 28.0. The van der Waals surface area contributed by atoms with Crippen molar-refractivity contribution >= 4 is 15.7 Å². The number of sulfonamides is 1. The van der Waals surface area contributed by atoms with Crippen molar-refractivity contribution in [2.45, 2.75) is 42.0 Å². The Bertz CT molecular complexity index is 941. The molecule has 0 unspecified atom stereocenters. The number of primary sulfonamides is 1. The van der Waals surface area contributed by atoms with Gasteiger partial charge in [0.25, 0.3) is 0 Å². The van der Waals surface area contributed by atoms with Gasteiger partial charge in [0.05, 0.1) is 23.5 Å². The predicted molar refractivity (Wildman–Crippen MR) is 104 cm³/mol. The van der Waals surface area contributed by atoms with Crippen molar-refractivity contribution < 1.29 is 13.2 Å². The average molecular weight is 385 g/mol. The minimum Gasteiger partial charge on any atom is -0.497 e. The zero-order chi connectivity index (χ0) is 19.5. The number of nitriles is 1. The fourth-order valence-electron chi connectivity index (χ4n) is 3.62. The molecule has 2 aromatic rings. The molecule has 142 valence electrons. The molecule has 0 heterocycles. The fourth-order valence-corrected chi connectivity index (χ4v) is 4.13. The Balaban J connectivity index is 1.68. The highest BCUT2D eigenvalue weighted by Gasteiger charge is 2.37. The number of nitrogens with two attached hydrogens (primary N) is 1. The van der Waals surface area contributed by atoms with Crippen molar-refractivity contribution in [1.82, 2.24) is 0 Å². The molecule has 0 aliphatic heterocycles. The molecule has 3 N–H and O–H groups in total. The van der Waals surface area contributed by atoms with Crippen LogP contribution in [-0.4, -0.2) is 21.6 Å². The second-order valence-corrected chi connectivity index (χ2v) is 8.48. The minimum atomic E-state index is -3.68. The van der Waals surface area contributed by atoms with Crippen LogP contribution in [0.15, 0.2) is 53.4 Å².